The van der Waals surface area contributed by atoms with E-state index >= 15 is 0 Å². The molecule has 1 N–H and O–H groups in total. The number of nitrogens with one attached hydrogen (secondary N) is 1. The molecule has 3 heterocycles. The Morgan fingerprint density at radius 2 is 1.76 bits per heavy atom. The van der Waals surface area contributed by atoms with Crippen molar-refractivity contribution in [1.82, 2.24) is 15.0 Å². The van der Waals surface area contributed by atoms with Crippen molar-refractivity contribution < 1.29 is 18.1 Å². The van der Waals surface area contributed by atoms with Crippen molar-refractivity contribution in [2.45, 2.75) is 6.18 Å². The van der Waals surface area contributed by atoms with Crippen LogP contribution in [0.15, 0.2) is 48.9 Å². The number of alkyl halides is 3. The van der Waals surface area contributed by atoms with E-state index in [2.05, 4.69) is 25.2 Å². The van der Waals surface area contributed by atoms with Crippen molar-refractivity contribution in [3.8, 4) is 0 Å². The lowest BCUT2D eigenvalue weighted by Crippen LogP contribution is -2.47. The summed E-state index contributed by atoms with van der Waals surface area (Å²) in [6.07, 6.45) is -1.85. The van der Waals surface area contributed by atoms with E-state index in [4.69, 9.17) is 11.6 Å². The van der Waals surface area contributed by atoms with Crippen molar-refractivity contribution in [3.63, 3.8) is 0 Å². The molecule has 4 rings (SSSR count). The first kappa shape index (κ1) is 22.5. The predicted octanol–water partition coefficient (Wildman–Crippen LogP) is 4.52. The number of hydrogen-bond acceptors (Lipinski definition) is 8. The van der Waals surface area contributed by atoms with Crippen molar-refractivity contribution >= 4 is 40.4 Å². The second-order valence-corrected chi connectivity index (χ2v) is 7.54. The van der Waals surface area contributed by atoms with Gasteiger partial charge in [-0.05, 0) is 30.3 Å². The maximum atomic E-state index is 13.2. The number of nitrogens with zero attached hydrogens (tertiary/aromatic N) is 6. The zero-order valence-corrected chi connectivity index (χ0v) is 17.7. The third-order valence-electron chi connectivity index (χ3n) is 5.07. The average Bonchev–Trinajstić information content (AvgIpc) is 2.80. The topological polar surface area (TPSA) is 100 Å². The molecular weight excluding hydrogens is 463 g/mol. The van der Waals surface area contributed by atoms with E-state index in [0.717, 1.165) is 24.3 Å². The summed E-state index contributed by atoms with van der Waals surface area (Å²) in [5.74, 6) is 0.677. The number of pyridine rings is 1. The molecule has 0 unspecified atom stereocenters. The summed E-state index contributed by atoms with van der Waals surface area (Å²) >= 11 is 5.65. The second-order valence-electron chi connectivity index (χ2n) is 7.13. The van der Waals surface area contributed by atoms with E-state index in [-0.39, 0.29) is 17.3 Å². The van der Waals surface area contributed by atoms with Gasteiger partial charge < -0.3 is 15.1 Å². The highest BCUT2D eigenvalue weighted by molar-refractivity contribution is 6.31. The molecule has 1 aliphatic heterocycles. The Morgan fingerprint density at radius 3 is 2.39 bits per heavy atom. The number of hydrogen-bond donors (Lipinski definition) is 1. The molecule has 2 aromatic heterocycles. The van der Waals surface area contributed by atoms with Crippen molar-refractivity contribution in [2.75, 3.05) is 41.3 Å². The van der Waals surface area contributed by atoms with Gasteiger partial charge in [-0.2, -0.15) is 13.2 Å². The summed E-state index contributed by atoms with van der Waals surface area (Å²) < 4.78 is 39.5. The summed E-state index contributed by atoms with van der Waals surface area (Å²) in [5, 5.41) is 14.0. The number of aromatic nitrogens is 3. The Balaban J connectivity index is 1.59. The number of benzene rings is 1. The molecule has 0 saturated carbocycles. The molecular formula is C20H17ClF3N7O2. The minimum Gasteiger partial charge on any atom is -0.353 e. The van der Waals surface area contributed by atoms with Crippen molar-refractivity contribution in [3.05, 3.63) is 69.6 Å². The number of rotatable bonds is 5. The van der Waals surface area contributed by atoms with E-state index in [1.807, 2.05) is 18.2 Å². The van der Waals surface area contributed by atoms with Crippen LogP contribution in [-0.4, -0.2) is 46.1 Å². The largest absolute Gasteiger partial charge is 0.417 e. The van der Waals surface area contributed by atoms with Crippen LogP contribution in [-0.2, 0) is 6.18 Å². The molecule has 0 bridgehead atoms. The standard InChI is InChI=1S/C20H17ClF3N7O2/c21-15-5-4-13(11-14(15)20(22,23)24)28-18-17(31(32)33)19(27-12-26-18)30-9-7-29(8-10-30)16-3-1-2-6-25-16/h1-6,11-12H,7-10H2,(H,26,27,28). The maximum Gasteiger partial charge on any atom is 0.417 e. The smallest absolute Gasteiger partial charge is 0.353 e. The Hall–Kier alpha value is -3.67. The molecule has 1 aromatic carbocycles. The normalized spacial score (nSPS) is 14.3. The van der Waals surface area contributed by atoms with E-state index in [9.17, 15) is 23.3 Å². The molecule has 0 amide bonds. The summed E-state index contributed by atoms with van der Waals surface area (Å²) in [4.78, 5) is 27.3. The Bertz CT molecular complexity index is 1160. The Kier molecular flexibility index (Phi) is 6.18. The molecule has 0 radical (unpaired) electrons. The Labute approximate surface area is 191 Å². The molecule has 3 aromatic rings. The monoisotopic (exact) mass is 479 g/mol. The quantitative estimate of drug-likeness (QED) is 0.421. The summed E-state index contributed by atoms with van der Waals surface area (Å²) in [7, 11) is 0. The molecule has 1 fully saturated rings. The van der Waals surface area contributed by atoms with Gasteiger partial charge in [0.25, 0.3) is 0 Å². The zero-order chi connectivity index (χ0) is 23.6. The van der Waals surface area contributed by atoms with Crippen LogP contribution < -0.4 is 15.1 Å². The van der Waals surface area contributed by atoms with Gasteiger partial charge in [-0.3, -0.25) is 10.1 Å². The first-order chi connectivity index (χ1) is 15.7. The molecule has 33 heavy (non-hydrogen) atoms. The number of piperazine rings is 1. The van der Waals surface area contributed by atoms with Gasteiger partial charge in [0.1, 0.15) is 12.1 Å². The molecule has 1 aliphatic rings. The van der Waals surface area contributed by atoms with Gasteiger partial charge in [0.05, 0.1) is 15.5 Å². The first-order valence-corrected chi connectivity index (χ1v) is 10.2. The number of halogens is 4. The lowest BCUT2D eigenvalue weighted by Gasteiger charge is -2.35. The molecule has 9 nitrogen and oxygen atoms in total. The van der Waals surface area contributed by atoms with Crippen LogP contribution in [0, 0.1) is 10.1 Å². The molecule has 1 saturated heterocycles. The second kappa shape index (κ2) is 9.06. The highest BCUT2D eigenvalue weighted by Gasteiger charge is 2.34. The van der Waals surface area contributed by atoms with Gasteiger partial charge in [-0.1, -0.05) is 17.7 Å². The highest BCUT2D eigenvalue weighted by atomic mass is 35.5. The van der Waals surface area contributed by atoms with E-state index < -0.39 is 27.4 Å². The third kappa shape index (κ3) is 4.90. The van der Waals surface area contributed by atoms with Gasteiger partial charge in [0.15, 0.2) is 0 Å². The van der Waals surface area contributed by atoms with Crippen molar-refractivity contribution in [1.29, 1.82) is 0 Å². The van der Waals surface area contributed by atoms with Gasteiger partial charge >= 0.3 is 11.9 Å². The van der Waals surface area contributed by atoms with Crippen LogP contribution in [0.3, 0.4) is 0 Å². The fourth-order valence-corrected chi connectivity index (χ4v) is 3.73. The predicted molar refractivity (Wildman–Crippen MR) is 117 cm³/mol. The van der Waals surface area contributed by atoms with Crippen LogP contribution in [0.25, 0.3) is 0 Å². The van der Waals surface area contributed by atoms with Crippen LogP contribution in [0.5, 0.6) is 0 Å². The van der Waals surface area contributed by atoms with Crippen LogP contribution in [0.4, 0.5) is 42.0 Å². The number of nitro groups is 1. The third-order valence-corrected chi connectivity index (χ3v) is 5.40. The van der Waals surface area contributed by atoms with Gasteiger partial charge in [-0.15, -0.1) is 0 Å². The Morgan fingerprint density at radius 1 is 1.03 bits per heavy atom. The molecule has 172 valence electrons. The van der Waals surface area contributed by atoms with Crippen molar-refractivity contribution in [2.24, 2.45) is 0 Å². The van der Waals surface area contributed by atoms with E-state index in [1.165, 1.54) is 6.07 Å². The molecule has 0 aliphatic carbocycles. The lowest BCUT2D eigenvalue weighted by atomic mass is 10.2. The maximum absolute atomic E-state index is 13.2. The van der Waals surface area contributed by atoms with E-state index in [1.54, 1.807) is 11.1 Å². The molecule has 0 atom stereocenters. The summed E-state index contributed by atoms with van der Waals surface area (Å²) in [6.45, 7) is 2.00. The average molecular weight is 480 g/mol. The SMILES string of the molecule is O=[N+]([O-])c1c(Nc2ccc(Cl)c(C(F)(F)F)c2)ncnc1N1CCN(c2ccccn2)CC1. The fourth-order valence-electron chi connectivity index (χ4n) is 3.51. The van der Waals surface area contributed by atoms with Gasteiger partial charge in [0, 0.05) is 38.1 Å². The van der Waals surface area contributed by atoms with Gasteiger partial charge in [-0.25, -0.2) is 15.0 Å². The van der Waals surface area contributed by atoms with Crippen LogP contribution in [0.1, 0.15) is 5.56 Å². The van der Waals surface area contributed by atoms with Crippen LogP contribution >= 0.6 is 11.6 Å². The zero-order valence-electron chi connectivity index (χ0n) is 17.0. The lowest BCUT2D eigenvalue weighted by molar-refractivity contribution is -0.383. The van der Waals surface area contributed by atoms with Gasteiger partial charge in [0.2, 0.25) is 11.6 Å². The molecule has 0 spiro atoms. The first-order valence-electron chi connectivity index (χ1n) is 9.78. The summed E-state index contributed by atoms with van der Waals surface area (Å²) in [5.41, 5.74) is -1.52. The summed E-state index contributed by atoms with van der Waals surface area (Å²) in [6, 6.07) is 8.71. The van der Waals surface area contributed by atoms with Crippen LogP contribution in [0.2, 0.25) is 5.02 Å². The molecule has 13 heteroatoms. The number of anilines is 4. The minimum absolute atomic E-state index is 0.0422. The highest BCUT2D eigenvalue weighted by Crippen LogP contribution is 2.38. The minimum atomic E-state index is -4.68. The fraction of sp³-hybridized carbons (Fsp3) is 0.250. The van der Waals surface area contributed by atoms with E-state index in [0.29, 0.717) is 26.2 Å².